The highest BCUT2D eigenvalue weighted by Crippen LogP contribution is 2.22. The first-order chi connectivity index (χ1) is 8.44. The Kier molecular flexibility index (Phi) is 8.77. The van der Waals surface area contributed by atoms with Gasteiger partial charge in [-0.05, 0) is 19.4 Å². The summed E-state index contributed by atoms with van der Waals surface area (Å²) in [5, 5.41) is 3.07. The van der Waals surface area contributed by atoms with E-state index in [-0.39, 0.29) is 12.6 Å². The molecule has 0 heterocycles. The third-order valence-electron chi connectivity index (χ3n) is 2.25. The first kappa shape index (κ1) is 17.2. The smallest absolute Gasteiger partial charge is 0.330 e. The van der Waals surface area contributed by atoms with Crippen molar-refractivity contribution in [1.29, 1.82) is 0 Å². The van der Waals surface area contributed by atoms with Crippen LogP contribution in [0.5, 0.6) is 0 Å². The van der Waals surface area contributed by atoms with E-state index in [2.05, 4.69) is 16.0 Å². The molecular formula is C12H19F4NO. The van der Waals surface area contributed by atoms with Gasteiger partial charge < -0.3 is 10.1 Å². The van der Waals surface area contributed by atoms with Gasteiger partial charge in [0.25, 0.3) is 0 Å². The lowest BCUT2D eigenvalue weighted by atomic mass is 10.1. The van der Waals surface area contributed by atoms with E-state index in [0.717, 1.165) is 6.42 Å². The van der Waals surface area contributed by atoms with E-state index in [9.17, 15) is 17.6 Å². The molecular weight excluding hydrogens is 250 g/mol. The monoisotopic (exact) mass is 269 g/mol. The van der Waals surface area contributed by atoms with Crippen LogP contribution in [-0.2, 0) is 4.74 Å². The summed E-state index contributed by atoms with van der Waals surface area (Å²) in [6.45, 7) is 1.33. The summed E-state index contributed by atoms with van der Waals surface area (Å²) in [7, 11) is 0. The first-order valence-corrected chi connectivity index (χ1v) is 5.84. The molecule has 2 nitrogen and oxygen atoms in total. The van der Waals surface area contributed by atoms with E-state index in [4.69, 9.17) is 6.42 Å². The Bertz CT molecular complexity index is 253. The normalized spacial score (nSPS) is 13.6. The van der Waals surface area contributed by atoms with Gasteiger partial charge in [0.05, 0.1) is 6.61 Å². The van der Waals surface area contributed by atoms with Crippen molar-refractivity contribution in [2.24, 2.45) is 0 Å². The molecule has 106 valence electrons. The lowest BCUT2D eigenvalue weighted by Gasteiger charge is -2.20. The van der Waals surface area contributed by atoms with Crippen molar-refractivity contribution >= 4 is 0 Å². The lowest BCUT2D eigenvalue weighted by molar-refractivity contribution is -0.167. The predicted octanol–water partition coefficient (Wildman–Crippen LogP) is 2.69. The highest BCUT2D eigenvalue weighted by Gasteiger charge is 2.41. The third kappa shape index (κ3) is 7.51. The fourth-order valence-corrected chi connectivity index (χ4v) is 1.25. The van der Waals surface area contributed by atoms with Gasteiger partial charge in [-0.1, -0.05) is 6.92 Å². The minimum absolute atomic E-state index is 0.0516. The zero-order valence-electron chi connectivity index (χ0n) is 10.4. The van der Waals surface area contributed by atoms with Gasteiger partial charge in [0, 0.05) is 12.5 Å². The lowest BCUT2D eigenvalue weighted by Crippen LogP contribution is -2.38. The molecule has 0 spiro atoms. The van der Waals surface area contributed by atoms with Crippen LogP contribution in [0.2, 0.25) is 0 Å². The number of halogens is 4. The zero-order chi connectivity index (χ0) is 14.0. The molecule has 0 saturated heterocycles. The molecule has 0 saturated carbocycles. The van der Waals surface area contributed by atoms with Gasteiger partial charge in [-0.15, -0.1) is 12.3 Å². The molecule has 0 aliphatic rings. The molecule has 0 bridgehead atoms. The Balaban J connectivity index is 3.98. The summed E-state index contributed by atoms with van der Waals surface area (Å²) in [5.74, 6) is -1.66. The molecule has 1 unspecified atom stereocenters. The number of nitrogens with one attached hydrogen (secondary N) is 1. The van der Waals surface area contributed by atoms with Crippen LogP contribution in [0.3, 0.4) is 0 Å². The zero-order valence-corrected chi connectivity index (χ0v) is 10.4. The summed E-state index contributed by atoms with van der Waals surface area (Å²) < 4.78 is 53.5. The second-order valence-corrected chi connectivity index (χ2v) is 3.97. The summed E-state index contributed by atoms with van der Waals surface area (Å²) >= 11 is 0. The number of hydrogen-bond acceptors (Lipinski definition) is 2. The molecule has 1 atom stereocenters. The van der Waals surface area contributed by atoms with E-state index in [1.54, 1.807) is 0 Å². The Hall–Kier alpha value is -0.800. The van der Waals surface area contributed by atoms with Gasteiger partial charge in [0.1, 0.15) is 6.61 Å². The molecule has 0 amide bonds. The molecule has 18 heavy (non-hydrogen) atoms. The second kappa shape index (κ2) is 9.17. The van der Waals surface area contributed by atoms with Crippen LogP contribution in [0.1, 0.15) is 26.2 Å². The van der Waals surface area contributed by atoms with Crippen LogP contribution in [0, 0.1) is 12.3 Å². The van der Waals surface area contributed by atoms with E-state index < -0.39 is 19.0 Å². The van der Waals surface area contributed by atoms with E-state index in [1.807, 2.05) is 6.92 Å². The van der Waals surface area contributed by atoms with Crippen LogP contribution < -0.4 is 5.32 Å². The number of rotatable bonds is 10. The van der Waals surface area contributed by atoms with Crippen molar-refractivity contribution in [1.82, 2.24) is 5.32 Å². The Labute approximate surface area is 105 Å². The van der Waals surface area contributed by atoms with Gasteiger partial charge >= 0.3 is 12.3 Å². The minimum Gasteiger partial charge on any atom is -0.373 e. The molecule has 0 aromatic carbocycles. The summed E-state index contributed by atoms with van der Waals surface area (Å²) in [5.41, 5.74) is 0. The third-order valence-corrected chi connectivity index (χ3v) is 2.25. The van der Waals surface area contributed by atoms with Gasteiger partial charge in [-0.2, -0.15) is 8.78 Å². The largest absolute Gasteiger partial charge is 0.373 e. The quantitative estimate of drug-likeness (QED) is 0.486. The van der Waals surface area contributed by atoms with Crippen molar-refractivity contribution in [3.8, 4) is 12.3 Å². The topological polar surface area (TPSA) is 21.3 Å². The predicted molar refractivity (Wildman–Crippen MR) is 61.9 cm³/mol. The Morgan fingerprint density at radius 3 is 2.56 bits per heavy atom. The standard InChI is InChI=1S/C12H19F4NO/c1-3-5-6-10(17-7-4-2)8-18-9-12(15,16)11(13)14/h1,10-11,17H,4-9H2,2H3. The Morgan fingerprint density at radius 1 is 1.39 bits per heavy atom. The van der Waals surface area contributed by atoms with Gasteiger partial charge in [0.15, 0.2) is 0 Å². The first-order valence-electron chi connectivity index (χ1n) is 5.84. The summed E-state index contributed by atoms with van der Waals surface area (Å²) in [6.07, 6.45) is 3.32. The fraction of sp³-hybridized carbons (Fsp3) is 0.833. The van der Waals surface area contributed by atoms with Crippen molar-refractivity contribution in [3.63, 3.8) is 0 Å². The molecule has 6 heteroatoms. The SMILES string of the molecule is C#CCCC(COCC(F)(F)C(F)F)NCCC. The number of hydrogen-bond donors (Lipinski definition) is 1. The second-order valence-electron chi connectivity index (χ2n) is 3.97. The van der Waals surface area contributed by atoms with Gasteiger partial charge in [-0.3, -0.25) is 0 Å². The summed E-state index contributed by atoms with van der Waals surface area (Å²) in [6, 6.07) is -0.186. The van der Waals surface area contributed by atoms with Crippen LogP contribution in [0.4, 0.5) is 17.6 Å². The van der Waals surface area contributed by atoms with Crippen molar-refractivity contribution in [3.05, 3.63) is 0 Å². The average molecular weight is 269 g/mol. The molecule has 0 aliphatic heterocycles. The average Bonchev–Trinajstić information content (AvgIpc) is 2.31. The molecule has 0 fully saturated rings. The van der Waals surface area contributed by atoms with Gasteiger partial charge in [0.2, 0.25) is 0 Å². The molecule has 0 rings (SSSR count). The maximum atomic E-state index is 12.6. The highest BCUT2D eigenvalue weighted by molar-refractivity contribution is 4.85. The molecule has 0 aromatic heterocycles. The van der Waals surface area contributed by atoms with E-state index in [1.165, 1.54) is 0 Å². The van der Waals surface area contributed by atoms with Crippen molar-refractivity contribution < 1.29 is 22.3 Å². The maximum absolute atomic E-state index is 12.6. The molecule has 0 radical (unpaired) electrons. The summed E-state index contributed by atoms with van der Waals surface area (Å²) in [4.78, 5) is 0. The van der Waals surface area contributed by atoms with Crippen LogP contribution in [-0.4, -0.2) is 38.1 Å². The van der Waals surface area contributed by atoms with Crippen LogP contribution in [0.15, 0.2) is 0 Å². The minimum atomic E-state index is -4.10. The van der Waals surface area contributed by atoms with Crippen molar-refractivity contribution in [2.45, 2.75) is 44.6 Å². The fourth-order valence-electron chi connectivity index (χ4n) is 1.25. The molecule has 1 N–H and O–H groups in total. The molecule has 0 aromatic rings. The van der Waals surface area contributed by atoms with Crippen LogP contribution in [0.25, 0.3) is 0 Å². The maximum Gasteiger partial charge on any atom is 0.330 e. The van der Waals surface area contributed by atoms with Crippen molar-refractivity contribution in [2.75, 3.05) is 19.8 Å². The highest BCUT2D eigenvalue weighted by atomic mass is 19.3. The number of alkyl halides is 4. The van der Waals surface area contributed by atoms with Gasteiger partial charge in [-0.25, -0.2) is 8.78 Å². The van der Waals surface area contributed by atoms with Crippen LogP contribution >= 0.6 is 0 Å². The Morgan fingerprint density at radius 2 is 2.06 bits per heavy atom. The van der Waals surface area contributed by atoms with E-state index >= 15 is 0 Å². The van der Waals surface area contributed by atoms with E-state index in [0.29, 0.717) is 19.4 Å². The number of ether oxygens (including phenoxy) is 1. The molecule has 0 aliphatic carbocycles. The number of terminal acetylenes is 1.